The number of amides is 1. The number of benzene rings is 2. The first-order chi connectivity index (χ1) is 12.1. The summed E-state index contributed by atoms with van der Waals surface area (Å²) >= 11 is 0. The minimum atomic E-state index is -0.614. The van der Waals surface area contributed by atoms with Crippen LogP contribution >= 0.6 is 0 Å². The number of anilines is 1. The number of hydrogen-bond acceptors (Lipinski definition) is 6. The summed E-state index contributed by atoms with van der Waals surface area (Å²) in [6.45, 7) is 0.152. The Morgan fingerprint density at radius 2 is 1.92 bits per heavy atom. The van der Waals surface area contributed by atoms with Crippen LogP contribution in [-0.4, -0.2) is 19.8 Å². The normalized spacial score (nSPS) is 12.2. The van der Waals surface area contributed by atoms with Gasteiger partial charge in [-0.3, -0.25) is 4.79 Å². The van der Waals surface area contributed by atoms with E-state index >= 15 is 0 Å². The molecule has 1 aromatic heterocycles. The molecule has 0 unspecified atom stereocenters. The van der Waals surface area contributed by atoms with E-state index in [1.54, 1.807) is 36.4 Å². The second kappa shape index (κ2) is 5.86. The molecule has 7 nitrogen and oxygen atoms in total. The number of ether oxygens (including phenoxy) is 3. The third-order valence-corrected chi connectivity index (χ3v) is 3.83. The summed E-state index contributed by atoms with van der Waals surface area (Å²) < 4.78 is 20.8. The molecule has 1 N–H and O–H groups in total. The highest BCUT2D eigenvalue weighted by molar-refractivity contribution is 6.12. The molecular formula is C18H13NO6. The minimum Gasteiger partial charge on any atom is -0.497 e. The second-order valence-corrected chi connectivity index (χ2v) is 5.36. The lowest BCUT2D eigenvalue weighted by Crippen LogP contribution is -2.15. The van der Waals surface area contributed by atoms with Crippen LogP contribution < -0.4 is 25.2 Å². The molecule has 0 atom stereocenters. The molecule has 1 aliphatic rings. The third kappa shape index (κ3) is 2.76. The van der Waals surface area contributed by atoms with Gasteiger partial charge in [0.15, 0.2) is 11.5 Å². The van der Waals surface area contributed by atoms with Crippen molar-refractivity contribution < 1.29 is 23.4 Å². The van der Waals surface area contributed by atoms with Crippen molar-refractivity contribution in [2.75, 3.05) is 19.2 Å². The van der Waals surface area contributed by atoms with Crippen LogP contribution in [0.25, 0.3) is 11.0 Å². The van der Waals surface area contributed by atoms with E-state index in [1.165, 1.54) is 7.11 Å². The Kier molecular flexibility index (Phi) is 3.53. The van der Waals surface area contributed by atoms with Crippen LogP contribution in [0.5, 0.6) is 17.2 Å². The van der Waals surface area contributed by atoms with Gasteiger partial charge in [0.1, 0.15) is 11.3 Å². The number of nitrogens with one attached hydrogen (secondary N) is 1. The molecule has 2 heterocycles. The summed E-state index contributed by atoms with van der Waals surface area (Å²) in [5, 5.41) is 3.26. The molecule has 25 heavy (non-hydrogen) atoms. The van der Waals surface area contributed by atoms with E-state index < -0.39 is 11.5 Å². The Labute approximate surface area is 141 Å². The predicted molar refractivity (Wildman–Crippen MR) is 89.6 cm³/mol. The van der Waals surface area contributed by atoms with Crippen LogP contribution in [0.4, 0.5) is 5.69 Å². The predicted octanol–water partition coefficient (Wildman–Crippen LogP) is 2.78. The molecule has 3 aromatic rings. The molecular weight excluding hydrogens is 326 g/mol. The molecule has 126 valence electrons. The maximum Gasteiger partial charge on any atom is 0.337 e. The number of hydrogen-bond donors (Lipinski definition) is 1. The van der Waals surface area contributed by atoms with Gasteiger partial charge in [0.05, 0.1) is 12.7 Å². The highest BCUT2D eigenvalue weighted by Crippen LogP contribution is 2.34. The number of fused-ring (bicyclic) bond motifs is 2. The molecule has 4 rings (SSSR count). The topological polar surface area (TPSA) is 87.0 Å². The first-order valence-corrected chi connectivity index (χ1v) is 7.47. The Hall–Kier alpha value is -3.48. The van der Waals surface area contributed by atoms with Gasteiger partial charge >= 0.3 is 5.63 Å². The maximum atomic E-state index is 12.6. The molecule has 0 aliphatic carbocycles. The SMILES string of the molecule is COc1ccc2c(C(=O)Nc3ccc4c(c3)OCO4)cc(=O)oc2c1. The number of carbonyl (C=O) groups excluding carboxylic acids is 1. The number of methoxy groups -OCH3 is 1. The van der Waals surface area contributed by atoms with Gasteiger partial charge in [0.25, 0.3) is 5.91 Å². The molecule has 0 radical (unpaired) electrons. The van der Waals surface area contributed by atoms with Crippen molar-refractivity contribution in [1.29, 1.82) is 0 Å². The minimum absolute atomic E-state index is 0.152. The van der Waals surface area contributed by atoms with Crippen molar-refractivity contribution in [2.24, 2.45) is 0 Å². The van der Waals surface area contributed by atoms with Crippen molar-refractivity contribution in [3.63, 3.8) is 0 Å². The molecule has 0 bridgehead atoms. The van der Waals surface area contributed by atoms with E-state index in [4.69, 9.17) is 18.6 Å². The monoisotopic (exact) mass is 339 g/mol. The molecule has 0 fully saturated rings. The first-order valence-electron chi connectivity index (χ1n) is 7.47. The van der Waals surface area contributed by atoms with Crippen molar-refractivity contribution in [3.8, 4) is 17.2 Å². The van der Waals surface area contributed by atoms with Crippen LogP contribution in [0.2, 0.25) is 0 Å². The summed E-state index contributed by atoms with van der Waals surface area (Å²) in [5.41, 5.74) is 0.412. The quantitative estimate of drug-likeness (QED) is 0.738. The van der Waals surface area contributed by atoms with E-state index in [-0.39, 0.29) is 17.9 Å². The van der Waals surface area contributed by atoms with Crippen molar-refractivity contribution >= 4 is 22.6 Å². The van der Waals surface area contributed by atoms with Gasteiger partial charge in [-0.1, -0.05) is 0 Å². The molecule has 1 amide bonds. The largest absolute Gasteiger partial charge is 0.497 e. The fraction of sp³-hybridized carbons (Fsp3) is 0.111. The highest BCUT2D eigenvalue weighted by atomic mass is 16.7. The molecule has 2 aromatic carbocycles. The smallest absolute Gasteiger partial charge is 0.337 e. The van der Waals surface area contributed by atoms with Crippen molar-refractivity contribution in [2.45, 2.75) is 0 Å². The molecule has 0 saturated heterocycles. The van der Waals surface area contributed by atoms with Gasteiger partial charge in [-0.05, 0) is 24.3 Å². The third-order valence-electron chi connectivity index (χ3n) is 3.83. The van der Waals surface area contributed by atoms with Crippen LogP contribution in [-0.2, 0) is 0 Å². The van der Waals surface area contributed by atoms with Crippen LogP contribution in [0.1, 0.15) is 10.4 Å². The van der Waals surface area contributed by atoms with Gasteiger partial charge < -0.3 is 23.9 Å². The summed E-state index contributed by atoms with van der Waals surface area (Å²) in [4.78, 5) is 24.4. The lowest BCUT2D eigenvalue weighted by molar-refractivity contribution is 0.102. The Morgan fingerprint density at radius 1 is 1.08 bits per heavy atom. The summed E-state index contributed by atoms with van der Waals surface area (Å²) in [7, 11) is 1.51. The fourth-order valence-electron chi connectivity index (χ4n) is 2.63. The van der Waals surface area contributed by atoms with Crippen LogP contribution in [0, 0.1) is 0 Å². The zero-order valence-corrected chi connectivity index (χ0v) is 13.2. The molecule has 0 spiro atoms. The van der Waals surface area contributed by atoms with Gasteiger partial charge in [0.2, 0.25) is 6.79 Å². The standard InChI is InChI=1S/C18H13NO6/c1-22-11-3-4-12-13(8-17(20)25-15(12)7-11)18(21)19-10-2-5-14-16(6-10)24-9-23-14/h2-8H,9H2,1H3,(H,19,21). The lowest BCUT2D eigenvalue weighted by atomic mass is 10.1. The average Bonchev–Trinajstić information content (AvgIpc) is 3.08. The van der Waals surface area contributed by atoms with Crippen molar-refractivity contribution in [1.82, 2.24) is 0 Å². The summed E-state index contributed by atoms with van der Waals surface area (Å²) in [6, 6.07) is 11.2. The van der Waals surface area contributed by atoms with Crippen LogP contribution in [0.3, 0.4) is 0 Å². The maximum absolute atomic E-state index is 12.6. The molecule has 1 aliphatic heterocycles. The van der Waals surface area contributed by atoms with E-state index in [1.807, 2.05) is 0 Å². The van der Waals surface area contributed by atoms with E-state index in [2.05, 4.69) is 5.32 Å². The van der Waals surface area contributed by atoms with E-state index in [9.17, 15) is 9.59 Å². The fourth-order valence-corrected chi connectivity index (χ4v) is 2.63. The van der Waals surface area contributed by atoms with Crippen molar-refractivity contribution in [3.05, 3.63) is 58.4 Å². The highest BCUT2D eigenvalue weighted by Gasteiger charge is 2.17. The first kappa shape index (κ1) is 15.1. The molecule has 0 saturated carbocycles. The average molecular weight is 339 g/mol. The Morgan fingerprint density at radius 3 is 2.76 bits per heavy atom. The Balaban J connectivity index is 1.71. The number of carbonyl (C=O) groups is 1. The number of rotatable bonds is 3. The second-order valence-electron chi connectivity index (χ2n) is 5.36. The summed E-state index contributed by atoms with van der Waals surface area (Å²) in [6.07, 6.45) is 0. The van der Waals surface area contributed by atoms with Gasteiger partial charge in [0, 0.05) is 29.3 Å². The van der Waals surface area contributed by atoms with Gasteiger partial charge in [-0.15, -0.1) is 0 Å². The summed E-state index contributed by atoms with van der Waals surface area (Å²) in [5.74, 6) is 1.28. The zero-order valence-electron chi connectivity index (χ0n) is 13.2. The van der Waals surface area contributed by atoms with E-state index in [0.29, 0.717) is 28.3 Å². The molecule has 7 heteroatoms. The van der Waals surface area contributed by atoms with E-state index in [0.717, 1.165) is 6.07 Å². The Bertz CT molecular complexity index is 1040. The van der Waals surface area contributed by atoms with Crippen LogP contribution in [0.15, 0.2) is 51.7 Å². The van der Waals surface area contributed by atoms with Gasteiger partial charge in [-0.25, -0.2) is 4.79 Å². The van der Waals surface area contributed by atoms with Gasteiger partial charge in [-0.2, -0.15) is 0 Å². The zero-order chi connectivity index (χ0) is 17.4. The lowest BCUT2D eigenvalue weighted by Gasteiger charge is -2.09.